The van der Waals surface area contributed by atoms with Crippen LogP contribution in [0, 0.1) is 11.3 Å². The fourth-order valence-electron chi connectivity index (χ4n) is 6.29. The summed E-state index contributed by atoms with van der Waals surface area (Å²) in [5, 5.41) is 22.4. The molecule has 2 aliphatic rings. The number of phenols is 1. The Hall–Kier alpha value is -4.63. The molecule has 0 aliphatic carbocycles. The quantitative estimate of drug-likeness (QED) is 0.252. The Kier molecular flexibility index (Phi) is 9.74. The number of urea groups is 1. The van der Waals surface area contributed by atoms with Crippen LogP contribution < -0.4 is 10.2 Å². The summed E-state index contributed by atoms with van der Waals surface area (Å²) in [6.45, 7) is 5.21. The van der Waals surface area contributed by atoms with Gasteiger partial charge in [0, 0.05) is 42.5 Å². The highest BCUT2D eigenvalue weighted by molar-refractivity contribution is 6.35. The third-order valence-corrected chi connectivity index (χ3v) is 8.89. The molecule has 3 aromatic carbocycles. The van der Waals surface area contributed by atoms with Crippen LogP contribution in [0.15, 0.2) is 66.7 Å². The molecular weight excluding hydrogens is 657 g/mol. The number of nitrogens with one attached hydrogen (secondary N) is 1. The molecule has 2 fully saturated rings. The molecule has 13 heteroatoms. The van der Waals surface area contributed by atoms with Gasteiger partial charge in [-0.1, -0.05) is 47.5 Å². The summed E-state index contributed by atoms with van der Waals surface area (Å²) in [5.41, 5.74) is -0.171. The number of amides is 4. The maximum atomic E-state index is 14.5. The van der Waals surface area contributed by atoms with Crippen molar-refractivity contribution in [1.82, 2.24) is 15.1 Å². The fourth-order valence-corrected chi connectivity index (χ4v) is 6.81. The van der Waals surface area contributed by atoms with Gasteiger partial charge in [-0.25, -0.2) is 14.5 Å². The second-order valence-electron chi connectivity index (χ2n) is 13.0. The predicted octanol–water partition coefficient (Wildman–Crippen LogP) is 4.88. The molecule has 0 aromatic heterocycles. The zero-order valence-corrected chi connectivity index (χ0v) is 28.4. The molecule has 0 saturated carbocycles. The van der Waals surface area contributed by atoms with Crippen LogP contribution in [0.3, 0.4) is 0 Å². The van der Waals surface area contributed by atoms with Crippen molar-refractivity contribution < 1.29 is 29.0 Å². The van der Waals surface area contributed by atoms with Crippen LogP contribution in [0.4, 0.5) is 10.5 Å². The summed E-state index contributed by atoms with van der Waals surface area (Å²) >= 11 is 12.5. The molecule has 1 spiro atoms. The monoisotopic (exact) mass is 691 g/mol. The van der Waals surface area contributed by atoms with E-state index < -0.39 is 46.9 Å². The first kappa shape index (κ1) is 34.7. The number of likely N-dealkylation sites (N-methyl/N-ethyl adjacent to an activating group) is 1. The number of rotatable bonds is 8. The Labute approximate surface area is 288 Å². The van der Waals surface area contributed by atoms with Crippen molar-refractivity contribution in [3.05, 3.63) is 93.5 Å². The molecule has 11 nitrogen and oxygen atoms in total. The van der Waals surface area contributed by atoms with E-state index >= 15 is 0 Å². The first-order valence-corrected chi connectivity index (χ1v) is 16.0. The van der Waals surface area contributed by atoms with Gasteiger partial charge in [0.15, 0.2) is 0 Å². The van der Waals surface area contributed by atoms with E-state index in [2.05, 4.69) is 11.4 Å². The molecule has 4 amide bonds. The number of likely N-dealkylation sites (tertiary alicyclic amines) is 1. The summed E-state index contributed by atoms with van der Waals surface area (Å²) in [6, 6.07) is 18.0. The van der Waals surface area contributed by atoms with Gasteiger partial charge in [0.2, 0.25) is 5.91 Å². The first-order valence-electron chi connectivity index (χ1n) is 15.2. The van der Waals surface area contributed by atoms with E-state index in [-0.39, 0.29) is 47.5 Å². The van der Waals surface area contributed by atoms with Gasteiger partial charge in [-0.2, -0.15) is 5.26 Å². The highest BCUT2D eigenvalue weighted by Crippen LogP contribution is 2.46. The van der Waals surface area contributed by atoms with Gasteiger partial charge in [0.05, 0.1) is 23.9 Å². The van der Waals surface area contributed by atoms with E-state index in [4.69, 9.17) is 27.9 Å². The van der Waals surface area contributed by atoms with Crippen molar-refractivity contribution in [1.29, 1.82) is 5.26 Å². The number of hydrogen-bond donors (Lipinski definition) is 2. The van der Waals surface area contributed by atoms with E-state index in [1.54, 1.807) is 69.1 Å². The molecule has 0 bridgehead atoms. The van der Waals surface area contributed by atoms with Crippen molar-refractivity contribution >= 4 is 52.7 Å². The van der Waals surface area contributed by atoms with Crippen molar-refractivity contribution in [2.75, 3.05) is 31.6 Å². The maximum Gasteiger partial charge on any atom is 0.332 e. The second kappa shape index (κ2) is 13.5. The Morgan fingerprint density at radius 1 is 1.06 bits per heavy atom. The SMILES string of the molecule is CN1C(=O)N(c2cc(Cl)cc(Cl)c2)C(=O)[C@]12CN(CC(=O)N[C@H](Cc1ccc(O)cc1)C(=O)OC(C)(C)C)C[C@H]2c1ccc(C#N)cc1. The van der Waals surface area contributed by atoms with E-state index in [1.807, 2.05) is 0 Å². The van der Waals surface area contributed by atoms with Gasteiger partial charge in [-0.3, -0.25) is 14.5 Å². The smallest absolute Gasteiger partial charge is 0.332 e. The zero-order chi connectivity index (χ0) is 35.0. The number of nitrogens with zero attached hydrogens (tertiary/aromatic N) is 4. The number of aromatic hydroxyl groups is 1. The molecule has 250 valence electrons. The topological polar surface area (TPSA) is 143 Å². The minimum atomic E-state index is -1.42. The molecule has 3 atom stereocenters. The molecule has 48 heavy (non-hydrogen) atoms. The average molecular weight is 693 g/mol. The fraction of sp³-hybridized carbons (Fsp3) is 0.343. The summed E-state index contributed by atoms with van der Waals surface area (Å²) in [4.78, 5) is 59.2. The van der Waals surface area contributed by atoms with E-state index in [0.717, 1.165) is 4.90 Å². The number of benzene rings is 3. The van der Waals surface area contributed by atoms with Crippen LogP contribution in [0.5, 0.6) is 5.75 Å². The van der Waals surface area contributed by atoms with Gasteiger partial charge in [0.1, 0.15) is 22.9 Å². The number of halogens is 2. The first-order chi connectivity index (χ1) is 22.6. The third-order valence-electron chi connectivity index (χ3n) is 8.45. The van der Waals surface area contributed by atoms with Crippen LogP contribution in [0.1, 0.15) is 43.4 Å². The van der Waals surface area contributed by atoms with Crippen molar-refractivity contribution in [3.8, 4) is 11.8 Å². The Bertz CT molecular complexity index is 1770. The molecule has 0 radical (unpaired) electrons. The van der Waals surface area contributed by atoms with Gasteiger partial charge >= 0.3 is 12.0 Å². The largest absolute Gasteiger partial charge is 0.508 e. The number of nitriles is 1. The molecule has 5 rings (SSSR count). The average Bonchev–Trinajstić information content (AvgIpc) is 3.47. The van der Waals surface area contributed by atoms with Crippen LogP contribution in [-0.4, -0.2) is 82.6 Å². The number of anilines is 1. The Morgan fingerprint density at radius 3 is 2.27 bits per heavy atom. The minimum Gasteiger partial charge on any atom is -0.508 e. The molecule has 2 N–H and O–H groups in total. The third kappa shape index (κ3) is 7.11. The molecule has 2 heterocycles. The van der Waals surface area contributed by atoms with Crippen molar-refractivity contribution in [2.45, 2.75) is 50.3 Å². The van der Waals surface area contributed by atoms with Crippen molar-refractivity contribution in [2.24, 2.45) is 0 Å². The van der Waals surface area contributed by atoms with E-state index in [0.29, 0.717) is 16.7 Å². The Balaban J connectivity index is 1.44. The molecule has 3 aromatic rings. The predicted molar refractivity (Wildman–Crippen MR) is 180 cm³/mol. The lowest BCUT2D eigenvalue weighted by molar-refractivity contribution is -0.158. The summed E-state index contributed by atoms with van der Waals surface area (Å²) < 4.78 is 5.59. The van der Waals surface area contributed by atoms with Gasteiger partial charge in [-0.05, 0) is 74.4 Å². The lowest BCUT2D eigenvalue weighted by atomic mass is 9.80. The normalized spacial score (nSPS) is 20.2. The highest BCUT2D eigenvalue weighted by Gasteiger charge is 2.64. The number of esters is 1. The van der Waals surface area contributed by atoms with Crippen LogP contribution in [-0.2, 0) is 25.5 Å². The van der Waals surface area contributed by atoms with Gasteiger partial charge < -0.3 is 20.1 Å². The lowest BCUT2D eigenvalue weighted by Gasteiger charge is -2.34. The lowest BCUT2D eigenvalue weighted by Crippen LogP contribution is -2.54. The number of imide groups is 1. The number of ether oxygens (including phenoxy) is 1. The number of hydrogen-bond acceptors (Lipinski definition) is 8. The summed E-state index contributed by atoms with van der Waals surface area (Å²) in [6.07, 6.45) is 0.117. The van der Waals surface area contributed by atoms with Crippen LogP contribution >= 0.6 is 23.2 Å². The van der Waals surface area contributed by atoms with Crippen LogP contribution in [0.25, 0.3) is 0 Å². The molecule has 2 aliphatic heterocycles. The zero-order valence-electron chi connectivity index (χ0n) is 26.9. The highest BCUT2D eigenvalue weighted by atomic mass is 35.5. The van der Waals surface area contributed by atoms with E-state index in [9.17, 15) is 29.5 Å². The number of carbonyl (C=O) groups is 4. The van der Waals surface area contributed by atoms with Gasteiger partial charge in [-0.15, -0.1) is 0 Å². The number of carbonyl (C=O) groups excluding carboxylic acids is 4. The Morgan fingerprint density at radius 2 is 1.69 bits per heavy atom. The van der Waals surface area contributed by atoms with Crippen LogP contribution in [0.2, 0.25) is 10.0 Å². The molecular formula is C35H35Cl2N5O6. The summed E-state index contributed by atoms with van der Waals surface area (Å²) in [5.74, 6) is -2.14. The van der Waals surface area contributed by atoms with Crippen molar-refractivity contribution in [3.63, 3.8) is 0 Å². The molecule has 2 saturated heterocycles. The maximum absolute atomic E-state index is 14.5. The molecule has 0 unspecified atom stereocenters. The van der Waals surface area contributed by atoms with E-state index in [1.165, 1.54) is 35.2 Å². The van der Waals surface area contributed by atoms with Gasteiger partial charge in [0.25, 0.3) is 5.91 Å². The minimum absolute atomic E-state index is 0.00598. The standard InChI is InChI=1S/C35H35Cl2N5O6/c1-34(2,3)48-31(45)29(13-21-7-11-27(43)12-8-21)39-30(44)19-41-18-28(23-9-5-22(17-38)6-10-23)35(20-41)32(46)42(33(47)40(35)4)26-15-24(36)14-25(37)16-26/h5-12,14-16,28-29,43H,13,18-20H2,1-4H3,(H,39,44)/t28-,29+,35+/m0/s1. The number of phenolic OH excluding ortho intramolecular Hbond substituents is 1. The second-order valence-corrected chi connectivity index (χ2v) is 13.9. The summed E-state index contributed by atoms with van der Waals surface area (Å²) in [7, 11) is 1.54.